The molecule has 6 nitrogen and oxygen atoms in total. The van der Waals surface area contributed by atoms with E-state index < -0.39 is 0 Å². The number of rotatable bonds is 6. The summed E-state index contributed by atoms with van der Waals surface area (Å²) in [6.45, 7) is 2.70. The fraction of sp³-hybridized carbons (Fsp3) is 0.150. The summed E-state index contributed by atoms with van der Waals surface area (Å²) in [6.07, 6.45) is 4.45. The van der Waals surface area contributed by atoms with Gasteiger partial charge in [0.15, 0.2) is 0 Å². The number of nitrogens with one attached hydrogen (secondary N) is 1. The molecule has 0 unspecified atom stereocenters. The first-order valence-corrected chi connectivity index (χ1v) is 8.59. The van der Waals surface area contributed by atoms with Crippen molar-refractivity contribution in [3.05, 3.63) is 67.1 Å². The lowest BCUT2D eigenvalue weighted by Gasteiger charge is -2.08. The molecule has 0 spiro atoms. The Hall–Kier alpha value is -3.41. The average Bonchev–Trinajstić information content (AvgIpc) is 3.10. The normalized spacial score (nSPS) is 10.8. The van der Waals surface area contributed by atoms with Crippen LogP contribution in [0.2, 0.25) is 0 Å². The van der Waals surface area contributed by atoms with E-state index in [1.54, 1.807) is 12.3 Å². The van der Waals surface area contributed by atoms with E-state index in [0.717, 1.165) is 28.8 Å². The molecule has 130 valence electrons. The van der Waals surface area contributed by atoms with Gasteiger partial charge in [-0.2, -0.15) is 4.98 Å². The number of para-hydroxylation sites is 1. The Kier molecular flexibility index (Phi) is 4.47. The predicted octanol–water partition coefficient (Wildman–Crippen LogP) is 4.35. The highest BCUT2D eigenvalue weighted by molar-refractivity contribution is 5.82. The number of ether oxygens (including phenoxy) is 1. The second-order valence-electron chi connectivity index (χ2n) is 5.85. The summed E-state index contributed by atoms with van der Waals surface area (Å²) < 4.78 is 7.61. The number of imidazole rings is 1. The zero-order chi connectivity index (χ0) is 17.8. The van der Waals surface area contributed by atoms with E-state index in [9.17, 15) is 0 Å². The second-order valence-corrected chi connectivity index (χ2v) is 5.85. The molecule has 26 heavy (non-hydrogen) atoms. The molecule has 2 aromatic heterocycles. The molecule has 0 aliphatic carbocycles. The van der Waals surface area contributed by atoms with Crippen LogP contribution in [0.1, 0.15) is 13.3 Å². The van der Waals surface area contributed by atoms with Crippen LogP contribution in [-0.4, -0.2) is 26.1 Å². The lowest BCUT2D eigenvalue weighted by molar-refractivity contribution is 0.305. The Morgan fingerprint density at radius 3 is 2.77 bits per heavy atom. The number of aromatic nitrogens is 4. The minimum Gasteiger partial charge on any atom is -0.478 e. The highest BCUT2D eigenvalue weighted by Gasteiger charge is 2.07. The Morgan fingerprint density at radius 2 is 1.92 bits per heavy atom. The van der Waals surface area contributed by atoms with Crippen molar-refractivity contribution < 1.29 is 4.74 Å². The van der Waals surface area contributed by atoms with Crippen molar-refractivity contribution in [2.45, 2.75) is 13.3 Å². The molecule has 1 N–H and O–H groups in total. The molecule has 0 saturated carbocycles. The van der Waals surface area contributed by atoms with Gasteiger partial charge in [-0.05, 0) is 36.8 Å². The van der Waals surface area contributed by atoms with Crippen LogP contribution in [-0.2, 0) is 0 Å². The second kappa shape index (κ2) is 7.23. The Labute approximate surface area is 151 Å². The summed E-state index contributed by atoms with van der Waals surface area (Å²) in [6, 6.07) is 17.9. The fourth-order valence-electron chi connectivity index (χ4n) is 2.70. The van der Waals surface area contributed by atoms with Crippen LogP contribution in [0, 0.1) is 0 Å². The van der Waals surface area contributed by atoms with Gasteiger partial charge >= 0.3 is 0 Å². The maximum atomic E-state index is 5.55. The van der Waals surface area contributed by atoms with Crippen molar-refractivity contribution in [2.75, 3.05) is 11.9 Å². The Morgan fingerprint density at radius 1 is 1.04 bits per heavy atom. The van der Waals surface area contributed by atoms with Crippen LogP contribution >= 0.6 is 0 Å². The SMILES string of the molecule is CCCOc1ccnc(Nc2ccc3c(c2)ncn3-c2ccccc2)n1. The molecule has 0 bridgehead atoms. The molecule has 6 heteroatoms. The molecule has 2 aromatic carbocycles. The van der Waals surface area contributed by atoms with Gasteiger partial charge in [-0.3, -0.25) is 4.57 Å². The van der Waals surface area contributed by atoms with Crippen molar-refractivity contribution in [1.29, 1.82) is 0 Å². The van der Waals surface area contributed by atoms with E-state index in [-0.39, 0.29) is 0 Å². The van der Waals surface area contributed by atoms with E-state index in [1.165, 1.54) is 0 Å². The maximum Gasteiger partial charge on any atom is 0.230 e. The molecular weight excluding hydrogens is 326 g/mol. The molecule has 4 rings (SSSR count). The molecule has 2 heterocycles. The van der Waals surface area contributed by atoms with E-state index >= 15 is 0 Å². The monoisotopic (exact) mass is 345 g/mol. The summed E-state index contributed by atoms with van der Waals surface area (Å²) in [7, 11) is 0. The number of benzene rings is 2. The highest BCUT2D eigenvalue weighted by Crippen LogP contribution is 2.23. The van der Waals surface area contributed by atoms with Gasteiger partial charge in [0.2, 0.25) is 11.8 Å². The molecule has 0 aliphatic heterocycles. The van der Waals surface area contributed by atoms with E-state index in [0.29, 0.717) is 18.4 Å². The quantitative estimate of drug-likeness (QED) is 0.563. The molecule has 0 amide bonds. The van der Waals surface area contributed by atoms with Gasteiger partial charge in [-0.15, -0.1) is 0 Å². The summed E-state index contributed by atoms with van der Waals surface area (Å²) in [5.41, 5.74) is 3.91. The molecular formula is C20H19N5O. The topological polar surface area (TPSA) is 64.9 Å². The van der Waals surface area contributed by atoms with Crippen molar-refractivity contribution in [3.8, 4) is 11.6 Å². The molecule has 0 atom stereocenters. The first-order chi connectivity index (χ1) is 12.8. The molecule has 0 saturated heterocycles. The average molecular weight is 345 g/mol. The zero-order valence-electron chi connectivity index (χ0n) is 14.5. The summed E-state index contributed by atoms with van der Waals surface area (Å²) in [5.74, 6) is 1.07. The highest BCUT2D eigenvalue weighted by atomic mass is 16.5. The van der Waals surface area contributed by atoms with Crippen LogP contribution in [0.5, 0.6) is 5.88 Å². The summed E-state index contributed by atoms with van der Waals surface area (Å²) >= 11 is 0. The first-order valence-electron chi connectivity index (χ1n) is 8.59. The van der Waals surface area contributed by atoms with Crippen LogP contribution in [0.4, 0.5) is 11.6 Å². The van der Waals surface area contributed by atoms with Crippen LogP contribution in [0.25, 0.3) is 16.7 Å². The maximum absolute atomic E-state index is 5.55. The van der Waals surface area contributed by atoms with Crippen molar-refractivity contribution in [3.63, 3.8) is 0 Å². The molecule has 4 aromatic rings. The van der Waals surface area contributed by atoms with Gasteiger partial charge in [-0.25, -0.2) is 9.97 Å². The third-order valence-electron chi connectivity index (χ3n) is 3.92. The zero-order valence-corrected chi connectivity index (χ0v) is 14.5. The number of fused-ring (bicyclic) bond motifs is 1. The standard InChI is InChI=1S/C20H19N5O/c1-2-12-26-19-10-11-21-20(24-19)23-15-8-9-18-17(13-15)22-14-25(18)16-6-4-3-5-7-16/h3-11,13-14H,2,12H2,1H3,(H,21,23,24). The van der Waals surface area contributed by atoms with Crippen LogP contribution in [0.15, 0.2) is 67.1 Å². The fourth-order valence-corrected chi connectivity index (χ4v) is 2.70. The number of nitrogens with zero attached hydrogens (tertiary/aromatic N) is 4. The third kappa shape index (κ3) is 3.35. The van der Waals surface area contributed by atoms with Gasteiger partial charge in [0.25, 0.3) is 0 Å². The number of anilines is 2. The predicted molar refractivity (Wildman–Crippen MR) is 102 cm³/mol. The minimum atomic E-state index is 0.500. The Balaban J connectivity index is 1.59. The number of hydrogen-bond acceptors (Lipinski definition) is 5. The van der Waals surface area contributed by atoms with Crippen molar-refractivity contribution in [1.82, 2.24) is 19.5 Å². The van der Waals surface area contributed by atoms with Crippen molar-refractivity contribution in [2.24, 2.45) is 0 Å². The van der Waals surface area contributed by atoms with E-state index in [1.807, 2.05) is 42.7 Å². The lowest BCUT2D eigenvalue weighted by atomic mass is 10.2. The molecule has 0 aliphatic rings. The van der Waals surface area contributed by atoms with Gasteiger partial charge < -0.3 is 10.1 Å². The smallest absolute Gasteiger partial charge is 0.230 e. The van der Waals surface area contributed by atoms with Crippen LogP contribution < -0.4 is 10.1 Å². The van der Waals surface area contributed by atoms with Gasteiger partial charge in [-0.1, -0.05) is 25.1 Å². The third-order valence-corrected chi connectivity index (χ3v) is 3.92. The molecule has 0 fully saturated rings. The van der Waals surface area contributed by atoms with Gasteiger partial charge in [0.05, 0.1) is 17.6 Å². The van der Waals surface area contributed by atoms with E-state index in [2.05, 4.69) is 43.9 Å². The summed E-state index contributed by atoms with van der Waals surface area (Å²) in [5, 5.41) is 3.21. The van der Waals surface area contributed by atoms with Gasteiger partial charge in [0, 0.05) is 23.6 Å². The minimum absolute atomic E-state index is 0.500. The molecule has 0 radical (unpaired) electrons. The van der Waals surface area contributed by atoms with Crippen molar-refractivity contribution >= 4 is 22.7 Å². The van der Waals surface area contributed by atoms with E-state index in [4.69, 9.17) is 4.74 Å². The number of hydrogen-bond donors (Lipinski definition) is 1. The summed E-state index contributed by atoms with van der Waals surface area (Å²) in [4.78, 5) is 13.1. The van der Waals surface area contributed by atoms with Gasteiger partial charge in [0.1, 0.15) is 6.33 Å². The largest absolute Gasteiger partial charge is 0.478 e. The first kappa shape index (κ1) is 16.1. The Bertz CT molecular complexity index is 1010. The lowest BCUT2D eigenvalue weighted by Crippen LogP contribution is -2.01. The van der Waals surface area contributed by atoms with Crippen LogP contribution in [0.3, 0.4) is 0 Å².